The highest BCUT2D eigenvalue weighted by Crippen LogP contribution is 2.15. The van der Waals surface area contributed by atoms with Crippen LogP contribution in [-0.2, 0) is 0 Å². The number of aliphatic hydroxyl groups is 1. The van der Waals surface area contributed by atoms with Crippen LogP contribution in [0, 0.1) is 12.3 Å². The highest BCUT2D eigenvalue weighted by molar-refractivity contribution is 6.30. The molecule has 3 heteroatoms. The summed E-state index contributed by atoms with van der Waals surface area (Å²) in [5, 5.41) is 9.63. The molecule has 0 saturated heterocycles. The Kier molecular flexibility index (Phi) is 3.63. The first-order chi connectivity index (χ1) is 6.22. The summed E-state index contributed by atoms with van der Waals surface area (Å²) in [6.07, 6.45) is 4.09. The van der Waals surface area contributed by atoms with Gasteiger partial charge in [-0.05, 0) is 24.3 Å². The molecule has 1 aromatic rings. The first kappa shape index (κ1) is 9.91. The van der Waals surface area contributed by atoms with Crippen LogP contribution in [0.4, 0.5) is 0 Å². The van der Waals surface area contributed by atoms with Crippen molar-refractivity contribution in [3.8, 4) is 18.1 Å². The quantitative estimate of drug-likeness (QED) is 0.746. The van der Waals surface area contributed by atoms with E-state index >= 15 is 0 Å². The molecule has 0 fully saturated rings. The minimum atomic E-state index is -0.865. The Morgan fingerprint density at radius 1 is 1.46 bits per heavy atom. The Hall–Kier alpha value is -1.17. The van der Waals surface area contributed by atoms with Gasteiger partial charge >= 0.3 is 0 Å². The van der Waals surface area contributed by atoms with Crippen molar-refractivity contribution in [3.05, 3.63) is 29.3 Å². The highest BCUT2D eigenvalue weighted by Gasteiger charge is 1.99. The molecule has 0 bridgehead atoms. The van der Waals surface area contributed by atoms with Crippen LogP contribution in [0.15, 0.2) is 24.3 Å². The summed E-state index contributed by atoms with van der Waals surface area (Å²) in [5.74, 6) is 2.79. The van der Waals surface area contributed by atoms with Crippen LogP contribution in [0.2, 0.25) is 5.02 Å². The average molecular weight is 197 g/mol. The van der Waals surface area contributed by atoms with Crippen LogP contribution in [0.1, 0.15) is 0 Å². The minimum Gasteiger partial charge on any atom is -0.490 e. The summed E-state index contributed by atoms with van der Waals surface area (Å²) in [5.41, 5.74) is 0. The molecule has 0 aromatic heterocycles. The predicted octanol–water partition coefficient (Wildman–Crippen LogP) is 1.71. The molecule has 0 heterocycles. The number of hydrogen-bond donors (Lipinski definition) is 1. The number of aliphatic hydroxyl groups excluding tert-OH is 1. The number of hydrogen-bond acceptors (Lipinski definition) is 2. The van der Waals surface area contributed by atoms with Crippen LogP contribution in [0.5, 0.6) is 5.75 Å². The second-order valence-corrected chi connectivity index (χ2v) is 2.88. The molecular formula is C10H9ClO2. The monoisotopic (exact) mass is 196 g/mol. The third-order valence-corrected chi connectivity index (χ3v) is 1.67. The lowest BCUT2D eigenvalue weighted by molar-refractivity contribution is 0.151. The van der Waals surface area contributed by atoms with Gasteiger partial charge in [-0.1, -0.05) is 17.5 Å². The molecule has 1 N–H and O–H groups in total. The van der Waals surface area contributed by atoms with E-state index in [1.165, 1.54) is 0 Å². The highest BCUT2D eigenvalue weighted by atomic mass is 35.5. The normalized spacial score (nSPS) is 11.8. The molecule has 68 valence electrons. The molecule has 0 aliphatic carbocycles. The molecule has 0 aliphatic rings. The van der Waals surface area contributed by atoms with Crippen molar-refractivity contribution in [2.24, 2.45) is 0 Å². The largest absolute Gasteiger partial charge is 0.490 e. The second-order valence-electron chi connectivity index (χ2n) is 2.45. The maximum atomic E-state index is 8.99. The fraction of sp³-hybridized carbons (Fsp3) is 0.200. The first-order valence-electron chi connectivity index (χ1n) is 3.75. The maximum absolute atomic E-state index is 8.99. The Labute approximate surface area is 82.1 Å². The van der Waals surface area contributed by atoms with Gasteiger partial charge in [0.05, 0.1) is 0 Å². The van der Waals surface area contributed by atoms with Crippen LogP contribution in [0.3, 0.4) is 0 Å². The summed E-state index contributed by atoms with van der Waals surface area (Å²) < 4.78 is 5.16. The lowest BCUT2D eigenvalue weighted by Gasteiger charge is -2.06. The van der Waals surface area contributed by atoms with E-state index < -0.39 is 6.10 Å². The molecule has 1 rings (SSSR count). The fourth-order valence-electron chi connectivity index (χ4n) is 0.754. The zero-order valence-electron chi connectivity index (χ0n) is 6.90. The van der Waals surface area contributed by atoms with Gasteiger partial charge in [0, 0.05) is 5.02 Å². The maximum Gasteiger partial charge on any atom is 0.148 e. The van der Waals surface area contributed by atoms with Crippen molar-refractivity contribution in [2.45, 2.75) is 6.10 Å². The van der Waals surface area contributed by atoms with Gasteiger partial charge in [0.25, 0.3) is 0 Å². The molecule has 0 amide bonds. The van der Waals surface area contributed by atoms with Crippen molar-refractivity contribution in [3.63, 3.8) is 0 Å². The van der Waals surface area contributed by atoms with Crippen LogP contribution < -0.4 is 4.74 Å². The number of terminal acetylenes is 1. The Morgan fingerprint density at radius 3 is 2.62 bits per heavy atom. The van der Waals surface area contributed by atoms with Gasteiger partial charge in [-0.3, -0.25) is 0 Å². The van der Waals surface area contributed by atoms with Crippen molar-refractivity contribution in [2.75, 3.05) is 6.61 Å². The Balaban J connectivity index is 2.47. The van der Waals surface area contributed by atoms with E-state index in [1.54, 1.807) is 24.3 Å². The van der Waals surface area contributed by atoms with Gasteiger partial charge in [0.15, 0.2) is 0 Å². The fourth-order valence-corrected chi connectivity index (χ4v) is 0.880. The van der Waals surface area contributed by atoms with E-state index in [-0.39, 0.29) is 6.61 Å². The van der Waals surface area contributed by atoms with Gasteiger partial charge in [0.1, 0.15) is 18.5 Å². The molecule has 2 nitrogen and oxygen atoms in total. The molecule has 1 atom stereocenters. The summed E-state index contributed by atoms with van der Waals surface area (Å²) in [4.78, 5) is 0. The van der Waals surface area contributed by atoms with Crippen molar-refractivity contribution in [1.82, 2.24) is 0 Å². The predicted molar refractivity (Wildman–Crippen MR) is 51.8 cm³/mol. The van der Waals surface area contributed by atoms with Gasteiger partial charge in [0.2, 0.25) is 0 Å². The summed E-state index contributed by atoms with van der Waals surface area (Å²) >= 11 is 5.66. The van der Waals surface area contributed by atoms with E-state index in [2.05, 4.69) is 5.92 Å². The van der Waals surface area contributed by atoms with Crippen molar-refractivity contribution < 1.29 is 9.84 Å². The standard InChI is InChI=1S/C10H9ClO2/c1-2-9(12)7-13-10-5-3-8(11)4-6-10/h1,3-6,9,12H,7H2. The third kappa shape index (κ3) is 3.37. The van der Waals surface area contributed by atoms with Gasteiger partial charge in [-0.2, -0.15) is 0 Å². The second kappa shape index (κ2) is 4.76. The molecule has 0 aliphatic heterocycles. The van der Waals surface area contributed by atoms with Crippen molar-refractivity contribution in [1.29, 1.82) is 0 Å². The zero-order chi connectivity index (χ0) is 9.68. The molecule has 0 saturated carbocycles. The van der Waals surface area contributed by atoms with E-state index in [1.807, 2.05) is 0 Å². The van der Waals surface area contributed by atoms with Crippen LogP contribution in [-0.4, -0.2) is 17.8 Å². The molecule has 0 spiro atoms. The van der Waals surface area contributed by atoms with Gasteiger partial charge in [-0.15, -0.1) is 6.42 Å². The molecule has 1 unspecified atom stereocenters. The number of halogens is 1. The molecular weight excluding hydrogens is 188 g/mol. The number of rotatable bonds is 3. The average Bonchev–Trinajstić information content (AvgIpc) is 2.16. The van der Waals surface area contributed by atoms with E-state index in [4.69, 9.17) is 27.9 Å². The Morgan fingerprint density at radius 2 is 2.08 bits per heavy atom. The lowest BCUT2D eigenvalue weighted by Crippen LogP contribution is -2.14. The SMILES string of the molecule is C#CC(O)COc1ccc(Cl)cc1. The molecule has 13 heavy (non-hydrogen) atoms. The Bertz CT molecular complexity index is 300. The number of benzene rings is 1. The molecule has 1 aromatic carbocycles. The van der Waals surface area contributed by atoms with E-state index in [0.717, 1.165) is 0 Å². The van der Waals surface area contributed by atoms with Gasteiger partial charge < -0.3 is 9.84 Å². The summed E-state index contributed by atoms with van der Waals surface area (Å²) in [6, 6.07) is 6.84. The molecule has 0 radical (unpaired) electrons. The minimum absolute atomic E-state index is 0.0954. The van der Waals surface area contributed by atoms with Crippen LogP contribution >= 0.6 is 11.6 Å². The number of ether oxygens (including phenoxy) is 1. The summed E-state index contributed by atoms with van der Waals surface area (Å²) in [7, 11) is 0. The third-order valence-electron chi connectivity index (χ3n) is 1.41. The topological polar surface area (TPSA) is 29.5 Å². The van der Waals surface area contributed by atoms with Crippen molar-refractivity contribution >= 4 is 11.6 Å². The smallest absolute Gasteiger partial charge is 0.148 e. The lowest BCUT2D eigenvalue weighted by atomic mass is 10.3. The van der Waals surface area contributed by atoms with E-state index in [9.17, 15) is 0 Å². The van der Waals surface area contributed by atoms with E-state index in [0.29, 0.717) is 10.8 Å². The summed E-state index contributed by atoms with van der Waals surface area (Å²) in [6.45, 7) is 0.0954. The van der Waals surface area contributed by atoms with Crippen LogP contribution in [0.25, 0.3) is 0 Å². The zero-order valence-corrected chi connectivity index (χ0v) is 7.66. The first-order valence-corrected chi connectivity index (χ1v) is 4.12. The van der Waals surface area contributed by atoms with Gasteiger partial charge in [-0.25, -0.2) is 0 Å².